The molecule has 5 nitrogen and oxygen atoms in total. The van der Waals surface area contributed by atoms with Gasteiger partial charge in [0.2, 0.25) is 0 Å². The molecule has 0 aromatic carbocycles. The van der Waals surface area contributed by atoms with E-state index >= 15 is 0 Å². The molecule has 2 atom stereocenters. The van der Waals surface area contributed by atoms with Crippen LogP contribution >= 0.6 is 0 Å². The molecule has 2 aromatic heterocycles. The van der Waals surface area contributed by atoms with Crippen LogP contribution in [0.25, 0.3) is 5.52 Å². The summed E-state index contributed by atoms with van der Waals surface area (Å²) in [4.78, 5) is 6.93. The fourth-order valence-electron chi connectivity index (χ4n) is 3.01. The van der Waals surface area contributed by atoms with Crippen molar-refractivity contribution in [1.29, 1.82) is 0 Å². The van der Waals surface area contributed by atoms with E-state index in [0.29, 0.717) is 12.6 Å². The second kappa shape index (κ2) is 4.81. The quantitative estimate of drug-likeness (QED) is 0.890. The fourth-order valence-corrected chi connectivity index (χ4v) is 3.01. The van der Waals surface area contributed by atoms with Gasteiger partial charge in [0.05, 0.1) is 5.69 Å². The molecule has 2 aromatic rings. The Kier molecular flexibility index (Phi) is 3.14. The van der Waals surface area contributed by atoms with Crippen molar-refractivity contribution in [3.05, 3.63) is 24.2 Å². The smallest absolute Gasteiger partial charge is 0.154 e. The van der Waals surface area contributed by atoms with Gasteiger partial charge in [-0.05, 0) is 31.7 Å². The maximum Gasteiger partial charge on any atom is 0.154 e. The van der Waals surface area contributed by atoms with E-state index in [2.05, 4.69) is 28.0 Å². The Morgan fingerprint density at radius 1 is 1.47 bits per heavy atom. The molecular formula is C14H21N5. The van der Waals surface area contributed by atoms with Gasteiger partial charge >= 0.3 is 0 Å². The van der Waals surface area contributed by atoms with Gasteiger partial charge in [0, 0.05) is 31.5 Å². The average molecular weight is 259 g/mol. The molecule has 0 bridgehead atoms. The maximum absolute atomic E-state index is 5.95. The third-order valence-electron chi connectivity index (χ3n) is 4.01. The van der Waals surface area contributed by atoms with E-state index in [1.807, 2.05) is 23.8 Å². The molecule has 0 spiro atoms. The third-order valence-corrected chi connectivity index (χ3v) is 4.01. The zero-order valence-electron chi connectivity index (χ0n) is 11.6. The van der Waals surface area contributed by atoms with Gasteiger partial charge in [-0.3, -0.25) is 0 Å². The van der Waals surface area contributed by atoms with Crippen LogP contribution in [0, 0.1) is 12.8 Å². The summed E-state index contributed by atoms with van der Waals surface area (Å²) >= 11 is 0. The monoisotopic (exact) mass is 259 g/mol. The van der Waals surface area contributed by atoms with E-state index in [4.69, 9.17) is 5.73 Å². The molecule has 2 unspecified atom stereocenters. The lowest BCUT2D eigenvalue weighted by molar-refractivity contribution is 0.365. The second-order valence-electron chi connectivity index (χ2n) is 5.58. The van der Waals surface area contributed by atoms with Crippen LogP contribution in [-0.4, -0.2) is 33.7 Å². The lowest BCUT2D eigenvalue weighted by Crippen LogP contribution is -2.46. The van der Waals surface area contributed by atoms with Crippen LogP contribution in [0.2, 0.25) is 0 Å². The molecule has 3 rings (SSSR count). The molecule has 0 saturated carbocycles. The van der Waals surface area contributed by atoms with Crippen LogP contribution in [0.15, 0.2) is 18.5 Å². The van der Waals surface area contributed by atoms with Gasteiger partial charge < -0.3 is 10.6 Å². The summed E-state index contributed by atoms with van der Waals surface area (Å²) in [6, 6.07) is 2.48. The number of nitrogens with zero attached hydrogens (tertiary/aromatic N) is 4. The van der Waals surface area contributed by atoms with Crippen molar-refractivity contribution in [3.8, 4) is 0 Å². The summed E-state index contributed by atoms with van der Waals surface area (Å²) in [7, 11) is 0. The highest BCUT2D eigenvalue weighted by atomic mass is 15.3. The largest absolute Gasteiger partial charge is 0.351 e. The molecule has 1 fully saturated rings. The summed E-state index contributed by atoms with van der Waals surface area (Å²) in [5.74, 6) is 1.77. The Bertz CT molecular complexity index is 576. The van der Waals surface area contributed by atoms with Gasteiger partial charge in [-0.2, -0.15) is 5.10 Å². The summed E-state index contributed by atoms with van der Waals surface area (Å²) in [6.07, 6.45) is 6.06. The minimum Gasteiger partial charge on any atom is -0.351 e. The lowest BCUT2D eigenvalue weighted by atomic mass is 9.92. The average Bonchev–Trinajstić information content (AvgIpc) is 2.78. The first-order valence-electron chi connectivity index (χ1n) is 6.96. The van der Waals surface area contributed by atoms with Crippen LogP contribution in [-0.2, 0) is 0 Å². The zero-order valence-corrected chi connectivity index (χ0v) is 11.6. The van der Waals surface area contributed by atoms with E-state index in [1.54, 1.807) is 0 Å². The number of piperidine rings is 1. The predicted octanol–water partition coefficient (Wildman–Crippen LogP) is 1.60. The van der Waals surface area contributed by atoms with Gasteiger partial charge in [0.15, 0.2) is 5.82 Å². The van der Waals surface area contributed by atoms with Crippen molar-refractivity contribution < 1.29 is 0 Å². The molecule has 1 aliphatic heterocycles. The van der Waals surface area contributed by atoms with Crippen molar-refractivity contribution >= 4 is 11.3 Å². The van der Waals surface area contributed by atoms with Crippen LogP contribution in [0.3, 0.4) is 0 Å². The number of rotatable bonds is 2. The van der Waals surface area contributed by atoms with E-state index in [0.717, 1.165) is 35.9 Å². The topological polar surface area (TPSA) is 59.5 Å². The second-order valence-corrected chi connectivity index (χ2v) is 5.58. The molecule has 5 heteroatoms. The number of hydrogen-bond donors (Lipinski definition) is 1. The Balaban J connectivity index is 2.03. The van der Waals surface area contributed by atoms with Crippen molar-refractivity contribution in [2.45, 2.75) is 32.7 Å². The van der Waals surface area contributed by atoms with Crippen molar-refractivity contribution in [2.24, 2.45) is 11.7 Å². The van der Waals surface area contributed by atoms with Gasteiger partial charge in [-0.15, -0.1) is 0 Å². The van der Waals surface area contributed by atoms with Gasteiger partial charge in [0.1, 0.15) is 5.52 Å². The van der Waals surface area contributed by atoms with Gasteiger partial charge in [-0.25, -0.2) is 9.50 Å². The van der Waals surface area contributed by atoms with Crippen molar-refractivity contribution in [3.63, 3.8) is 0 Å². The highest BCUT2D eigenvalue weighted by Crippen LogP contribution is 2.29. The Hall–Kier alpha value is -1.62. The first-order chi connectivity index (χ1) is 9.19. The highest BCUT2D eigenvalue weighted by molar-refractivity contribution is 5.69. The highest BCUT2D eigenvalue weighted by Gasteiger charge is 2.27. The number of nitrogens with two attached hydrogens (primary N) is 1. The van der Waals surface area contributed by atoms with E-state index < -0.39 is 0 Å². The number of aromatic nitrogens is 3. The molecule has 0 radical (unpaired) electrons. The van der Waals surface area contributed by atoms with Crippen LogP contribution in [0.4, 0.5) is 5.82 Å². The number of fused-ring (bicyclic) bond motifs is 1. The fraction of sp³-hybridized carbons (Fsp3) is 0.571. The van der Waals surface area contributed by atoms with Crippen LogP contribution < -0.4 is 10.6 Å². The standard InChI is InChI=1S/C14H21N5/c1-10-3-5-18(12(7-10)9-15)14-13-8-11(2)17-19(13)6-4-16-14/h4,6,8,10,12H,3,5,7,9,15H2,1-2H3. The normalized spacial score (nSPS) is 24.1. The molecule has 0 amide bonds. The lowest BCUT2D eigenvalue weighted by Gasteiger charge is -2.38. The number of anilines is 1. The summed E-state index contributed by atoms with van der Waals surface area (Å²) in [5, 5.41) is 4.45. The van der Waals surface area contributed by atoms with E-state index in [9.17, 15) is 0 Å². The molecule has 19 heavy (non-hydrogen) atoms. The van der Waals surface area contributed by atoms with Gasteiger partial charge in [-0.1, -0.05) is 6.92 Å². The summed E-state index contributed by atoms with van der Waals surface area (Å²) in [5.41, 5.74) is 8.04. The SMILES string of the molecule is Cc1cc2c(N3CCC(C)CC3CN)nccn2n1. The molecular weight excluding hydrogens is 238 g/mol. The maximum atomic E-state index is 5.95. The van der Waals surface area contributed by atoms with Crippen molar-refractivity contribution in [1.82, 2.24) is 14.6 Å². The van der Waals surface area contributed by atoms with E-state index in [1.165, 1.54) is 6.42 Å². The Labute approximate surface area is 113 Å². The number of aryl methyl sites for hydroxylation is 1. The molecule has 1 aliphatic rings. The molecule has 1 saturated heterocycles. The summed E-state index contributed by atoms with van der Waals surface area (Å²) in [6.45, 7) is 6.02. The van der Waals surface area contributed by atoms with E-state index in [-0.39, 0.29) is 0 Å². The van der Waals surface area contributed by atoms with Crippen molar-refractivity contribution in [2.75, 3.05) is 18.0 Å². The van der Waals surface area contributed by atoms with Crippen LogP contribution in [0.5, 0.6) is 0 Å². The summed E-state index contributed by atoms with van der Waals surface area (Å²) < 4.78 is 1.91. The first-order valence-corrected chi connectivity index (χ1v) is 6.96. The zero-order chi connectivity index (χ0) is 13.4. The Morgan fingerprint density at radius 2 is 2.32 bits per heavy atom. The predicted molar refractivity (Wildman–Crippen MR) is 76.3 cm³/mol. The van der Waals surface area contributed by atoms with Gasteiger partial charge in [0.25, 0.3) is 0 Å². The molecule has 102 valence electrons. The molecule has 2 N–H and O–H groups in total. The minimum atomic E-state index is 0.387. The van der Waals surface area contributed by atoms with Crippen LogP contribution in [0.1, 0.15) is 25.5 Å². The third kappa shape index (κ3) is 2.18. The first kappa shape index (κ1) is 12.4. The molecule has 0 aliphatic carbocycles. The number of hydrogen-bond acceptors (Lipinski definition) is 4. The molecule has 3 heterocycles. The minimum absolute atomic E-state index is 0.387. The Morgan fingerprint density at radius 3 is 3.11 bits per heavy atom.